The molecule has 3 aromatic rings. The monoisotopic (exact) mass is 225 g/mol. The summed E-state index contributed by atoms with van der Waals surface area (Å²) in [7, 11) is 0. The number of nitrogens with zero attached hydrogens (tertiary/aromatic N) is 2. The van der Waals surface area contributed by atoms with Crippen molar-refractivity contribution in [1.82, 2.24) is 9.97 Å². The third kappa shape index (κ3) is 1.97. The molecule has 0 amide bonds. The summed E-state index contributed by atoms with van der Waals surface area (Å²) < 4.78 is 5.31. The van der Waals surface area contributed by atoms with Crippen molar-refractivity contribution in [2.75, 3.05) is 5.32 Å². The van der Waals surface area contributed by atoms with Crippen LogP contribution in [0.5, 0.6) is 0 Å². The maximum Gasteiger partial charge on any atom is 0.139 e. The summed E-state index contributed by atoms with van der Waals surface area (Å²) in [5, 5.41) is 4.25. The summed E-state index contributed by atoms with van der Waals surface area (Å²) in [5.41, 5.74) is 1.82. The normalized spacial score (nSPS) is 10.6. The van der Waals surface area contributed by atoms with Crippen molar-refractivity contribution in [1.29, 1.82) is 0 Å². The molecule has 3 aromatic heterocycles. The second-order valence-corrected chi connectivity index (χ2v) is 3.67. The highest BCUT2D eigenvalue weighted by molar-refractivity contribution is 5.87. The van der Waals surface area contributed by atoms with Gasteiger partial charge < -0.3 is 9.73 Å². The van der Waals surface area contributed by atoms with Gasteiger partial charge in [-0.1, -0.05) is 6.07 Å². The summed E-state index contributed by atoms with van der Waals surface area (Å²) in [5.74, 6) is 0.821. The molecule has 0 bridgehead atoms. The molecule has 0 saturated carbocycles. The number of anilines is 1. The van der Waals surface area contributed by atoms with E-state index in [9.17, 15) is 0 Å². The van der Waals surface area contributed by atoms with Gasteiger partial charge in [-0.15, -0.1) is 0 Å². The summed E-state index contributed by atoms with van der Waals surface area (Å²) in [6.07, 6.45) is 5.17. The van der Waals surface area contributed by atoms with Crippen molar-refractivity contribution >= 4 is 16.8 Å². The Bertz CT molecular complexity index is 619. The molecule has 0 fully saturated rings. The van der Waals surface area contributed by atoms with Crippen molar-refractivity contribution in [3.05, 3.63) is 54.7 Å². The van der Waals surface area contributed by atoms with E-state index in [2.05, 4.69) is 15.3 Å². The quantitative estimate of drug-likeness (QED) is 0.744. The van der Waals surface area contributed by atoms with Crippen molar-refractivity contribution in [3.63, 3.8) is 0 Å². The lowest BCUT2D eigenvalue weighted by molar-refractivity contribution is 0.615. The summed E-state index contributed by atoms with van der Waals surface area (Å²) in [4.78, 5) is 8.54. The highest BCUT2D eigenvalue weighted by Gasteiger charge is 2.04. The van der Waals surface area contributed by atoms with Gasteiger partial charge in [0.1, 0.15) is 11.4 Å². The molecule has 0 aliphatic rings. The van der Waals surface area contributed by atoms with Crippen LogP contribution < -0.4 is 5.32 Å². The Balaban J connectivity index is 1.84. The van der Waals surface area contributed by atoms with Gasteiger partial charge in [0.05, 0.1) is 23.9 Å². The van der Waals surface area contributed by atoms with Gasteiger partial charge in [0.15, 0.2) is 0 Å². The standard InChI is InChI=1S/C13H11N3O/c1-2-6-14-10(3-1)9-16-13-11-5-8-17-12(11)4-7-15-13/h1-8H,9H2,(H,15,16). The molecule has 3 rings (SSSR count). The molecule has 0 aliphatic carbocycles. The van der Waals surface area contributed by atoms with Gasteiger partial charge in [-0.3, -0.25) is 4.98 Å². The molecule has 0 aromatic carbocycles. The molecule has 0 radical (unpaired) electrons. The molecule has 17 heavy (non-hydrogen) atoms. The van der Waals surface area contributed by atoms with E-state index in [1.807, 2.05) is 30.3 Å². The largest absolute Gasteiger partial charge is 0.464 e. The Hall–Kier alpha value is -2.36. The Kier molecular flexibility index (Phi) is 2.46. The van der Waals surface area contributed by atoms with Crippen LogP contribution in [0.1, 0.15) is 5.69 Å². The predicted octanol–water partition coefficient (Wildman–Crippen LogP) is 2.83. The molecule has 1 N–H and O–H groups in total. The average molecular weight is 225 g/mol. The molecule has 0 saturated heterocycles. The molecular weight excluding hydrogens is 214 g/mol. The highest BCUT2D eigenvalue weighted by atomic mass is 16.3. The summed E-state index contributed by atoms with van der Waals surface area (Å²) in [6.45, 7) is 0.651. The maximum atomic E-state index is 5.31. The van der Waals surface area contributed by atoms with Gasteiger partial charge in [-0.2, -0.15) is 0 Å². The Labute approximate surface area is 98.3 Å². The number of furan rings is 1. The van der Waals surface area contributed by atoms with E-state index in [1.54, 1.807) is 18.7 Å². The molecule has 84 valence electrons. The predicted molar refractivity (Wildman–Crippen MR) is 65.6 cm³/mol. The van der Waals surface area contributed by atoms with E-state index in [0.29, 0.717) is 6.54 Å². The Morgan fingerprint density at radius 1 is 1.06 bits per heavy atom. The van der Waals surface area contributed by atoms with Gasteiger partial charge in [0, 0.05) is 12.4 Å². The van der Waals surface area contributed by atoms with Crippen LogP contribution in [-0.4, -0.2) is 9.97 Å². The third-order valence-electron chi connectivity index (χ3n) is 2.54. The van der Waals surface area contributed by atoms with Crippen LogP contribution in [0.25, 0.3) is 11.0 Å². The van der Waals surface area contributed by atoms with E-state index < -0.39 is 0 Å². The minimum Gasteiger partial charge on any atom is -0.464 e. The van der Waals surface area contributed by atoms with Crippen molar-refractivity contribution < 1.29 is 4.42 Å². The van der Waals surface area contributed by atoms with Gasteiger partial charge in [-0.05, 0) is 24.3 Å². The van der Waals surface area contributed by atoms with Gasteiger partial charge in [-0.25, -0.2) is 4.98 Å². The molecule has 0 aliphatic heterocycles. The minimum atomic E-state index is 0.651. The molecule has 4 heteroatoms. The van der Waals surface area contributed by atoms with E-state index >= 15 is 0 Å². The fourth-order valence-electron chi connectivity index (χ4n) is 1.71. The van der Waals surface area contributed by atoms with Crippen LogP contribution in [0.3, 0.4) is 0 Å². The molecule has 4 nitrogen and oxygen atoms in total. The SMILES string of the molecule is c1ccc(CNc2nccc3occc23)nc1. The zero-order chi connectivity index (χ0) is 11.5. The van der Waals surface area contributed by atoms with Gasteiger partial charge >= 0.3 is 0 Å². The lowest BCUT2D eigenvalue weighted by Crippen LogP contribution is -2.02. The van der Waals surface area contributed by atoms with E-state index in [1.165, 1.54) is 0 Å². The maximum absolute atomic E-state index is 5.31. The van der Waals surface area contributed by atoms with Crippen LogP contribution >= 0.6 is 0 Å². The molecule has 0 atom stereocenters. The molecular formula is C13H11N3O. The fraction of sp³-hybridized carbons (Fsp3) is 0.0769. The first kappa shape index (κ1) is 9.84. The lowest BCUT2D eigenvalue weighted by Gasteiger charge is -2.05. The molecule has 3 heterocycles. The number of hydrogen-bond acceptors (Lipinski definition) is 4. The van der Waals surface area contributed by atoms with E-state index in [4.69, 9.17) is 4.42 Å². The molecule has 0 unspecified atom stereocenters. The minimum absolute atomic E-state index is 0.651. The van der Waals surface area contributed by atoms with Crippen LogP contribution in [0, 0.1) is 0 Å². The number of hydrogen-bond donors (Lipinski definition) is 1. The second-order valence-electron chi connectivity index (χ2n) is 3.67. The first-order valence-electron chi connectivity index (χ1n) is 5.39. The van der Waals surface area contributed by atoms with Crippen molar-refractivity contribution in [2.24, 2.45) is 0 Å². The first-order valence-corrected chi connectivity index (χ1v) is 5.39. The number of nitrogens with one attached hydrogen (secondary N) is 1. The van der Waals surface area contributed by atoms with Crippen molar-refractivity contribution in [2.45, 2.75) is 6.54 Å². The van der Waals surface area contributed by atoms with Gasteiger partial charge in [0.2, 0.25) is 0 Å². The summed E-state index contributed by atoms with van der Waals surface area (Å²) >= 11 is 0. The van der Waals surface area contributed by atoms with E-state index in [0.717, 1.165) is 22.5 Å². The smallest absolute Gasteiger partial charge is 0.139 e. The zero-order valence-corrected chi connectivity index (χ0v) is 9.13. The van der Waals surface area contributed by atoms with Crippen LogP contribution in [-0.2, 0) is 6.54 Å². The average Bonchev–Trinajstić information content (AvgIpc) is 2.86. The van der Waals surface area contributed by atoms with Crippen molar-refractivity contribution in [3.8, 4) is 0 Å². The van der Waals surface area contributed by atoms with Gasteiger partial charge in [0.25, 0.3) is 0 Å². The number of aromatic nitrogens is 2. The zero-order valence-electron chi connectivity index (χ0n) is 9.13. The Morgan fingerprint density at radius 3 is 2.94 bits per heavy atom. The highest BCUT2D eigenvalue weighted by Crippen LogP contribution is 2.21. The lowest BCUT2D eigenvalue weighted by atomic mass is 10.3. The second kappa shape index (κ2) is 4.25. The molecule has 0 spiro atoms. The fourth-order valence-corrected chi connectivity index (χ4v) is 1.71. The van der Waals surface area contributed by atoms with Crippen LogP contribution in [0.2, 0.25) is 0 Å². The van der Waals surface area contributed by atoms with E-state index in [-0.39, 0.29) is 0 Å². The van der Waals surface area contributed by atoms with Crippen LogP contribution in [0.15, 0.2) is 53.4 Å². The van der Waals surface area contributed by atoms with Crippen LogP contribution in [0.4, 0.5) is 5.82 Å². The number of fused-ring (bicyclic) bond motifs is 1. The third-order valence-corrected chi connectivity index (χ3v) is 2.54. The summed E-state index contributed by atoms with van der Waals surface area (Å²) in [6, 6.07) is 9.60. The topological polar surface area (TPSA) is 51.0 Å². The number of pyridine rings is 2. The first-order chi connectivity index (χ1) is 8.43. The Morgan fingerprint density at radius 2 is 2.06 bits per heavy atom. The number of rotatable bonds is 3.